The molecule has 0 spiro atoms. The minimum absolute atomic E-state index is 0.00422. The van der Waals surface area contributed by atoms with E-state index in [4.69, 9.17) is 11.6 Å². The number of hydrogen-bond acceptors (Lipinski definition) is 2. The van der Waals surface area contributed by atoms with Crippen molar-refractivity contribution in [1.82, 2.24) is 4.90 Å². The van der Waals surface area contributed by atoms with Crippen molar-refractivity contribution in [2.45, 2.75) is 31.2 Å². The van der Waals surface area contributed by atoms with Crippen LogP contribution in [-0.2, 0) is 16.8 Å². The number of carbonyl (C=O) groups is 1. The lowest BCUT2D eigenvalue weighted by Crippen LogP contribution is -2.36. The zero-order chi connectivity index (χ0) is 18.9. The summed E-state index contributed by atoms with van der Waals surface area (Å²) in [6.45, 7) is 0.306. The summed E-state index contributed by atoms with van der Waals surface area (Å²) in [6, 6.07) is 12.8. The van der Waals surface area contributed by atoms with Gasteiger partial charge in [-0.2, -0.15) is 0 Å². The van der Waals surface area contributed by atoms with E-state index in [1.54, 1.807) is 24.1 Å². The van der Waals surface area contributed by atoms with Gasteiger partial charge in [-0.1, -0.05) is 35.9 Å². The number of alkyl halides is 3. The molecular formula is C19H17ClF3NO2. The maximum atomic E-state index is 12.9. The number of amides is 1. The highest BCUT2D eigenvalue weighted by Gasteiger charge is 2.52. The maximum absolute atomic E-state index is 12.9. The van der Waals surface area contributed by atoms with E-state index in [2.05, 4.69) is 4.74 Å². The maximum Gasteiger partial charge on any atom is 0.573 e. The molecule has 1 amide bonds. The Morgan fingerprint density at radius 3 is 2.19 bits per heavy atom. The highest BCUT2D eigenvalue weighted by molar-refractivity contribution is 6.30. The van der Waals surface area contributed by atoms with Gasteiger partial charge in [-0.3, -0.25) is 4.79 Å². The van der Waals surface area contributed by atoms with Crippen molar-refractivity contribution in [3.05, 3.63) is 64.7 Å². The van der Waals surface area contributed by atoms with Gasteiger partial charge in [0.15, 0.2) is 0 Å². The van der Waals surface area contributed by atoms with E-state index in [9.17, 15) is 18.0 Å². The summed E-state index contributed by atoms with van der Waals surface area (Å²) in [5.74, 6) is -0.287. The first kappa shape index (κ1) is 18.6. The third-order valence-electron chi connectivity index (χ3n) is 4.48. The lowest BCUT2D eigenvalue weighted by atomic mass is 9.94. The summed E-state index contributed by atoms with van der Waals surface area (Å²) >= 11 is 5.91. The predicted molar refractivity (Wildman–Crippen MR) is 92.0 cm³/mol. The first-order chi connectivity index (χ1) is 12.2. The van der Waals surface area contributed by atoms with Crippen LogP contribution in [0, 0.1) is 0 Å². The zero-order valence-corrected chi connectivity index (χ0v) is 14.8. The number of rotatable bonds is 5. The number of hydrogen-bond donors (Lipinski definition) is 0. The molecule has 138 valence electrons. The molecule has 0 atom stereocenters. The van der Waals surface area contributed by atoms with Gasteiger partial charge < -0.3 is 9.64 Å². The minimum atomic E-state index is -4.72. The fourth-order valence-corrected chi connectivity index (χ4v) is 3.15. The van der Waals surface area contributed by atoms with E-state index in [-0.39, 0.29) is 11.7 Å². The Labute approximate surface area is 154 Å². The molecule has 0 unspecified atom stereocenters. The van der Waals surface area contributed by atoms with Crippen LogP contribution < -0.4 is 4.74 Å². The molecule has 1 aliphatic rings. The van der Waals surface area contributed by atoms with Crippen molar-refractivity contribution in [3.8, 4) is 5.75 Å². The van der Waals surface area contributed by atoms with Crippen molar-refractivity contribution in [2.24, 2.45) is 0 Å². The SMILES string of the molecule is CN(Cc1ccc(OC(F)(F)F)cc1)C(=O)C1(c2ccc(Cl)cc2)CC1. The Hall–Kier alpha value is -2.21. The van der Waals surface area contributed by atoms with Crippen LogP contribution in [0.3, 0.4) is 0 Å². The highest BCUT2D eigenvalue weighted by atomic mass is 35.5. The molecule has 0 saturated heterocycles. The molecule has 26 heavy (non-hydrogen) atoms. The molecular weight excluding hydrogens is 367 g/mol. The Kier molecular flexibility index (Phi) is 4.88. The average molecular weight is 384 g/mol. The zero-order valence-electron chi connectivity index (χ0n) is 14.0. The van der Waals surface area contributed by atoms with Crippen LogP contribution in [0.4, 0.5) is 13.2 Å². The molecule has 2 aromatic rings. The Balaban J connectivity index is 1.67. The highest BCUT2D eigenvalue weighted by Crippen LogP contribution is 2.49. The van der Waals surface area contributed by atoms with Crippen LogP contribution in [0.2, 0.25) is 5.02 Å². The molecule has 0 radical (unpaired) electrons. The fourth-order valence-electron chi connectivity index (χ4n) is 3.03. The molecule has 1 aliphatic carbocycles. The second kappa shape index (κ2) is 6.83. The van der Waals surface area contributed by atoms with Gasteiger partial charge in [0, 0.05) is 18.6 Å². The Morgan fingerprint density at radius 1 is 1.12 bits per heavy atom. The van der Waals surface area contributed by atoms with E-state index >= 15 is 0 Å². The molecule has 1 fully saturated rings. The smallest absolute Gasteiger partial charge is 0.406 e. The molecule has 0 aromatic heterocycles. The molecule has 2 aromatic carbocycles. The van der Waals surface area contributed by atoms with Gasteiger partial charge in [-0.15, -0.1) is 13.2 Å². The van der Waals surface area contributed by atoms with Crippen molar-refractivity contribution in [2.75, 3.05) is 7.05 Å². The molecule has 0 heterocycles. The summed E-state index contributed by atoms with van der Waals surface area (Å²) < 4.78 is 40.4. The third-order valence-corrected chi connectivity index (χ3v) is 4.73. The van der Waals surface area contributed by atoms with Crippen molar-refractivity contribution in [3.63, 3.8) is 0 Å². The first-order valence-corrected chi connectivity index (χ1v) is 8.44. The molecule has 0 N–H and O–H groups in total. The van der Waals surface area contributed by atoms with E-state index in [1.807, 2.05) is 12.1 Å². The molecule has 0 aliphatic heterocycles. The van der Waals surface area contributed by atoms with Gasteiger partial charge in [0.25, 0.3) is 0 Å². The van der Waals surface area contributed by atoms with Crippen LogP contribution >= 0.6 is 11.6 Å². The average Bonchev–Trinajstić information content (AvgIpc) is 3.37. The van der Waals surface area contributed by atoms with Gasteiger partial charge in [0.1, 0.15) is 5.75 Å². The first-order valence-electron chi connectivity index (χ1n) is 8.06. The second-order valence-corrected chi connectivity index (χ2v) is 6.88. The standard InChI is InChI=1S/C19H17ClF3NO2/c1-24(12-13-2-8-16(9-3-13)26-19(21,22)23)17(25)18(10-11-18)14-4-6-15(20)7-5-14/h2-9H,10-12H2,1H3. The van der Waals surface area contributed by atoms with Crippen LogP contribution in [0.1, 0.15) is 24.0 Å². The van der Waals surface area contributed by atoms with E-state index < -0.39 is 11.8 Å². The summed E-state index contributed by atoms with van der Waals surface area (Å²) in [7, 11) is 1.69. The largest absolute Gasteiger partial charge is 0.573 e. The number of benzene rings is 2. The Morgan fingerprint density at radius 2 is 1.69 bits per heavy atom. The molecule has 3 rings (SSSR count). The van der Waals surface area contributed by atoms with Crippen LogP contribution in [0.5, 0.6) is 5.75 Å². The molecule has 7 heteroatoms. The quantitative estimate of drug-likeness (QED) is 0.732. The monoisotopic (exact) mass is 383 g/mol. The van der Waals surface area contributed by atoms with E-state index in [0.29, 0.717) is 11.6 Å². The lowest BCUT2D eigenvalue weighted by Gasteiger charge is -2.24. The number of halogens is 4. The second-order valence-electron chi connectivity index (χ2n) is 6.44. The summed E-state index contributed by atoms with van der Waals surface area (Å²) in [5, 5.41) is 0.617. The van der Waals surface area contributed by atoms with Crippen molar-refractivity contribution < 1.29 is 22.7 Å². The van der Waals surface area contributed by atoms with Crippen LogP contribution in [0.25, 0.3) is 0 Å². The predicted octanol–water partition coefficient (Wildman–Crippen LogP) is 4.93. The topological polar surface area (TPSA) is 29.5 Å². The van der Waals surface area contributed by atoms with Crippen molar-refractivity contribution in [1.29, 1.82) is 0 Å². The number of carbonyl (C=O) groups excluding carboxylic acids is 1. The van der Waals surface area contributed by atoms with Gasteiger partial charge in [0.05, 0.1) is 5.41 Å². The summed E-state index contributed by atoms with van der Waals surface area (Å²) in [6.07, 6.45) is -3.17. The number of likely N-dealkylation sites (N-methyl/N-ethyl adjacent to an activating group) is 1. The normalized spacial score (nSPS) is 15.4. The summed E-state index contributed by atoms with van der Waals surface area (Å²) in [5.41, 5.74) is 1.15. The van der Waals surface area contributed by atoms with Crippen molar-refractivity contribution >= 4 is 17.5 Å². The third kappa shape index (κ3) is 4.12. The molecule has 1 saturated carbocycles. The van der Waals surface area contributed by atoms with Crippen LogP contribution in [-0.4, -0.2) is 24.2 Å². The van der Waals surface area contributed by atoms with Gasteiger partial charge >= 0.3 is 6.36 Å². The van der Waals surface area contributed by atoms with Crippen LogP contribution in [0.15, 0.2) is 48.5 Å². The lowest BCUT2D eigenvalue weighted by molar-refractivity contribution is -0.274. The minimum Gasteiger partial charge on any atom is -0.406 e. The molecule has 0 bridgehead atoms. The number of ether oxygens (including phenoxy) is 1. The summed E-state index contributed by atoms with van der Waals surface area (Å²) in [4.78, 5) is 14.5. The fraction of sp³-hybridized carbons (Fsp3) is 0.316. The Bertz CT molecular complexity index is 784. The van der Waals surface area contributed by atoms with E-state index in [1.165, 1.54) is 24.3 Å². The van der Waals surface area contributed by atoms with E-state index in [0.717, 1.165) is 24.0 Å². The van der Waals surface area contributed by atoms with Gasteiger partial charge in [-0.05, 0) is 48.2 Å². The van der Waals surface area contributed by atoms with Gasteiger partial charge in [0.2, 0.25) is 5.91 Å². The molecule has 3 nitrogen and oxygen atoms in total. The van der Waals surface area contributed by atoms with Gasteiger partial charge in [-0.25, -0.2) is 0 Å². The number of nitrogens with zero attached hydrogens (tertiary/aromatic N) is 1.